The van der Waals surface area contributed by atoms with Gasteiger partial charge in [-0.3, -0.25) is 14.4 Å². The molecule has 0 radical (unpaired) electrons. The Kier molecular flexibility index (Phi) is 5.64. The van der Waals surface area contributed by atoms with Crippen molar-refractivity contribution >= 4 is 17.5 Å². The molecule has 0 spiro atoms. The van der Waals surface area contributed by atoms with Crippen LogP contribution in [0.4, 0.5) is 0 Å². The first-order valence-corrected chi connectivity index (χ1v) is 7.40. The molecule has 0 atom stereocenters. The molecular weight excluding hydrogens is 266 g/mol. The Hall–Kier alpha value is -1.71. The summed E-state index contributed by atoms with van der Waals surface area (Å²) in [5, 5.41) is 2.88. The second kappa shape index (κ2) is 6.83. The van der Waals surface area contributed by atoms with Gasteiger partial charge in [0.1, 0.15) is 0 Å². The predicted octanol–water partition coefficient (Wildman–Crippen LogP) is 2.73. The number of hydrogen-bond acceptors (Lipinski definition) is 3. The molecule has 4 nitrogen and oxygen atoms in total. The van der Waals surface area contributed by atoms with E-state index in [1.54, 1.807) is 13.8 Å². The highest BCUT2D eigenvalue weighted by Crippen LogP contribution is 2.22. The van der Waals surface area contributed by atoms with Crippen LogP contribution in [0.25, 0.3) is 0 Å². The summed E-state index contributed by atoms with van der Waals surface area (Å²) in [6, 6.07) is 0. The summed E-state index contributed by atoms with van der Waals surface area (Å²) in [5.41, 5.74) is 1.32. The fourth-order valence-corrected chi connectivity index (χ4v) is 2.17. The van der Waals surface area contributed by atoms with Gasteiger partial charge in [-0.2, -0.15) is 0 Å². The summed E-state index contributed by atoms with van der Waals surface area (Å²) < 4.78 is 0. The Morgan fingerprint density at radius 2 is 1.76 bits per heavy atom. The zero-order valence-corrected chi connectivity index (χ0v) is 13.6. The number of carbonyl (C=O) groups is 3. The van der Waals surface area contributed by atoms with Crippen molar-refractivity contribution in [2.24, 2.45) is 5.41 Å². The molecule has 0 aromatic carbocycles. The number of hydrogen-bond donors (Lipinski definition) is 1. The molecule has 0 fully saturated rings. The lowest BCUT2D eigenvalue weighted by Crippen LogP contribution is -2.35. The highest BCUT2D eigenvalue weighted by molar-refractivity contribution is 6.22. The maximum absolute atomic E-state index is 11.9. The summed E-state index contributed by atoms with van der Waals surface area (Å²) in [6.45, 7) is 9.60. The number of allylic oxidation sites excluding steroid dienone is 4. The Morgan fingerprint density at radius 3 is 2.33 bits per heavy atom. The first kappa shape index (κ1) is 17.3. The van der Waals surface area contributed by atoms with E-state index in [4.69, 9.17) is 0 Å². The Balaban J connectivity index is 2.42. The van der Waals surface area contributed by atoms with E-state index in [0.717, 1.165) is 12.8 Å². The molecule has 1 aliphatic rings. The number of carbonyl (C=O) groups excluding carboxylic acids is 3. The number of nitrogens with one attached hydrogen (secondary N) is 1. The highest BCUT2D eigenvalue weighted by Gasteiger charge is 2.23. The molecule has 0 unspecified atom stereocenters. The lowest BCUT2D eigenvalue weighted by molar-refractivity contribution is -0.128. The van der Waals surface area contributed by atoms with E-state index in [2.05, 4.69) is 5.32 Å². The number of amides is 1. The van der Waals surface area contributed by atoms with Gasteiger partial charge in [0.15, 0.2) is 11.6 Å². The SMILES string of the molecule is CC1=CC(=O)C(CCCCNC(=O)C(C)(C)C)=C(C)C1=O. The van der Waals surface area contributed by atoms with Gasteiger partial charge in [-0.15, -0.1) is 0 Å². The van der Waals surface area contributed by atoms with Crippen LogP contribution in [0.3, 0.4) is 0 Å². The minimum Gasteiger partial charge on any atom is -0.356 e. The number of Topliss-reactive ketones (excluding diaryl/α,β-unsaturated/α-hetero) is 1. The minimum absolute atomic E-state index is 0.0281. The quantitative estimate of drug-likeness (QED) is 0.626. The molecule has 0 saturated carbocycles. The smallest absolute Gasteiger partial charge is 0.225 e. The Labute approximate surface area is 126 Å². The van der Waals surface area contributed by atoms with E-state index in [-0.39, 0.29) is 22.9 Å². The van der Waals surface area contributed by atoms with E-state index < -0.39 is 0 Å². The standard InChI is InChI=1S/C17H25NO3/c1-11-10-14(19)13(12(2)15(11)20)8-6-7-9-18-16(21)17(3,4)5/h10H,6-9H2,1-5H3,(H,18,21). The third-order valence-corrected chi connectivity index (χ3v) is 3.62. The van der Waals surface area contributed by atoms with Gasteiger partial charge in [-0.1, -0.05) is 20.8 Å². The predicted molar refractivity (Wildman–Crippen MR) is 82.8 cm³/mol. The molecule has 0 aromatic heterocycles. The molecule has 0 aromatic rings. The van der Waals surface area contributed by atoms with Crippen LogP contribution in [-0.2, 0) is 14.4 Å². The average molecular weight is 291 g/mol. The van der Waals surface area contributed by atoms with Gasteiger partial charge >= 0.3 is 0 Å². The maximum atomic E-state index is 11.9. The average Bonchev–Trinajstić information content (AvgIpc) is 2.38. The first-order chi connectivity index (χ1) is 9.64. The van der Waals surface area contributed by atoms with Crippen molar-refractivity contribution in [2.45, 2.75) is 53.9 Å². The van der Waals surface area contributed by atoms with Gasteiger partial charge in [0.25, 0.3) is 0 Å². The molecule has 4 heteroatoms. The molecule has 1 aliphatic carbocycles. The fraction of sp³-hybridized carbons (Fsp3) is 0.588. The summed E-state index contributed by atoms with van der Waals surface area (Å²) in [7, 11) is 0. The summed E-state index contributed by atoms with van der Waals surface area (Å²) >= 11 is 0. The fourth-order valence-electron chi connectivity index (χ4n) is 2.17. The van der Waals surface area contributed by atoms with Crippen molar-refractivity contribution in [3.63, 3.8) is 0 Å². The van der Waals surface area contributed by atoms with E-state index >= 15 is 0 Å². The third kappa shape index (κ3) is 4.66. The molecule has 21 heavy (non-hydrogen) atoms. The summed E-state index contributed by atoms with van der Waals surface area (Å²) in [6.07, 6.45) is 3.59. The van der Waals surface area contributed by atoms with Gasteiger partial charge in [0, 0.05) is 28.7 Å². The molecule has 116 valence electrons. The van der Waals surface area contributed by atoms with Crippen molar-refractivity contribution < 1.29 is 14.4 Å². The maximum Gasteiger partial charge on any atom is 0.225 e. The second-order valence-electron chi connectivity index (χ2n) is 6.59. The molecule has 1 rings (SSSR count). The van der Waals surface area contributed by atoms with Gasteiger partial charge in [0.2, 0.25) is 5.91 Å². The molecule has 0 saturated heterocycles. The van der Waals surface area contributed by atoms with E-state index in [9.17, 15) is 14.4 Å². The molecule has 1 amide bonds. The minimum atomic E-state index is -0.382. The van der Waals surface area contributed by atoms with Crippen LogP contribution < -0.4 is 5.32 Å². The number of unbranched alkanes of at least 4 members (excludes halogenated alkanes) is 1. The summed E-state index contributed by atoms with van der Waals surface area (Å²) in [4.78, 5) is 35.4. The first-order valence-electron chi connectivity index (χ1n) is 7.40. The topological polar surface area (TPSA) is 63.2 Å². The number of rotatable bonds is 5. The van der Waals surface area contributed by atoms with E-state index in [1.807, 2.05) is 20.8 Å². The largest absolute Gasteiger partial charge is 0.356 e. The van der Waals surface area contributed by atoms with Crippen molar-refractivity contribution in [3.05, 3.63) is 22.8 Å². The van der Waals surface area contributed by atoms with E-state index in [1.165, 1.54) is 6.08 Å². The Bertz CT molecular complexity index is 519. The van der Waals surface area contributed by atoms with Gasteiger partial charge in [-0.25, -0.2) is 0 Å². The van der Waals surface area contributed by atoms with Crippen LogP contribution in [0.15, 0.2) is 22.8 Å². The van der Waals surface area contributed by atoms with Crippen molar-refractivity contribution in [1.29, 1.82) is 0 Å². The van der Waals surface area contributed by atoms with Crippen LogP contribution in [-0.4, -0.2) is 24.0 Å². The van der Waals surface area contributed by atoms with Crippen LogP contribution in [0, 0.1) is 5.41 Å². The molecular formula is C17H25NO3. The van der Waals surface area contributed by atoms with E-state index in [0.29, 0.717) is 29.7 Å². The van der Waals surface area contributed by atoms with Gasteiger partial charge in [0.05, 0.1) is 0 Å². The lowest BCUT2D eigenvalue weighted by Gasteiger charge is -2.18. The zero-order chi connectivity index (χ0) is 16.2. The van der Waals surface area contributed by atoms with Crippen LogP contribution in [0.5, 0.6) is 0 Å². The lowest BCUT2D eigenvalue weighted by atomic mass is 9.88. The third-order valence-electron chi connectivity index (χ3n) is 3.62. The van der Waals surface area contributed by atoms with Crippen molar-refractivity contribution in [2.75, 3.05) is 6.54 Å². The zero-order valence-electron chi connectivity index (χ0n) is 13.6. The van der Waals surface area contributed by atoms with Crippen molar-refractivity contribution in [3.8, 4) is 0 Å². The van der Waals surface area contributed by atoms with Crippen LogP contribution in [0.2, 0.25) is 0 Å². The highest BCUT2D eigenvalue weighted by atomic mass is 16.2. The normalized spacial score (nSPS) is 16.1. The number of ketones is 2. The van der Waals surface area contributed by atoms with Crippen molar-refractivity contribution in [1.82, 2.24) is 5.32 Å². The molecule has 1 N–H and O–H groups in total. The molecule has 0 heterocycles. The second-order valence-corrected chi connectivity index (χ2v) is 6.59. The Morgan fingerprint density at radius 1 is 1.14 bits per heavy atom. The monoisotopic (exact) mass is 291 g/mol. The van der Waals surface area contributed by atoms with Crippen LogP contribution in [0.1, 0.15) is 53.9 Å². The molecule has 0 aliphatic heterocycles. The summed E-state index contributed by atoms with van der Waals surface area (Å²) in [5.74, 6) is -0.0608. The molecule has 0 bridgehead atoms. The van der Waals surface area contributed by atoms with Crippen LogP contribution >= 0.6 is 0 Å². The van der Waals surface area contributed by atoms with Gasteiger partial charge < -0.3 is 5.32 Å². The van der Waals surface area contributed by atoms with Gasteiger partial charge in [-0.05, 0) is 39.2 Å².